The van der Waals surface area contributed by atoms with Crippen molar-refractivity contribution in [2.24, 2.45) is 5.92 Å². The summed E-state index contributed by atoms with van der Waals surface area (Å²) in [5.74, 6) is -0.0514. The van der Waals surface area contributed by atoms with Crippen molar-refractivity contribution in [3.05, 3.63) is 66.0 Å². The third-order valence-electron chi connectivity index (χ3n) is 5.38. The number of hydrogen-bond donors (Lipinski definition) is 0. The fourth-order valence-corrected chi connectivity index (χ4v) is 4.09. The highest BCUT2D eigenvalue weighted by Crippen LogP contribution is 2.34. The van der Waals surface area contributed by atoms with Gasteiger partial charge in [-0.3, -0.25) is 14.6 Å². The van der Waals surface area contributed by atoms with Crippen LogP contribution in [-0.2, 0) is 16.1 Å². The topological polar surface area (TPSA) is 53.5 Å². The van der Waals surface area contributed by atoms with E-state index in [1.165, 1.54) is 5.56 Å². The van der Waals surface area contributed by atoms with Gasteiger partial charge in [-0.05, 0) is 30.0 Å². The van der Waals surface area contributed by atoms with Crippen LogP contribution >= 0.6 is 0 Å². The molecule has 1 aromatic carbocycles. The Kier molecular flexibility index (Phi) is 4.69. The van der Waals surface area contributed by atoms with E-state index in [4.69, 9.17) is 0 Å². The van der Waals surface area contributed by atoms with Crippen molar-refractivity contribution in [1.29, 1.82) is 0 Å². The standard InChI is InChI=1S/C21H23N3O2/c25-20-12-18(15-23(20)14-16-6-4-10-22-13-16)21(26)24-11-5-9-19(24)17-7-2-1-3-8-17/h1-4,6-8,10,13,18-19H,5,9,11-12,14-15H2/t18-,19+/m1/s1. The first-order chi connectivity index (χ1) is 12.7. The van der Waals surface area contributed by atoms with Gasteiger partial charge in [-0.2, -0.15) is 0 Å². The van der Waals surface area contributed by atoms with Gasteiger partial charge in [-0.25, -0.2) is 0 Å². The Hall–Kier alpha value is -2.69. The van der Waals surface area contributed by atoms with Gasteiger partial charge in [0.15, 0.2) is 0 Å². The highest BCUT2D eigenvalue weighted by molar-refractivity contribution is 5.89. The van der Waals surface area contributed by atoms with E-state index in [1.54, 1.807) is 17.3 Å². The molecule has 0 unspecified atom stereocenters. The van der Waals surface area contributed by atoms with Gasteiger partial charge in [-0.1, -0.05) is 36.4 Å². The fourth-order valence-electron chi connectivity index (χ4n) is 4.09. The summed E-state index contributed by atoms with van der Waals surface area (Å²) in [5.41, 5.74) is 2.19. The molecule has 2 aromatic rings. The summed E-state index contributed by atoms with van der Waals surface area (Å²) in [4.78, 5) is 33.4. The molecule has 4 rings (SSSR count). The van der Waals surface area contributed by atoms with Crippen LogP contribution in [0.15, 0.2) is 54.9 Å². The molecular formula is C21H23N3O2. The second-order valence-electron chi connectivity index (χ2n) is 7.14. The average Bonchev–Trinajstić information content (AvgIpc) is 3.30. The molecule has 2 aliphatic rings. The van der Waals surface area contributed by atoms with Crippen LogP contribution in [0.1, 0.15) is 36.4 Å². The van der Waals surface area contributed by atoms with Crippen LogP contribution < -0.4 is 0 Å². The van der Waals surface area contributed by atoms with E-state index in [2.05, 4.69) is 17.1 Å². The average molecular weight is 349 g/mol. The van der Waals surface area contributed by atoms with Gasteiger partial charge < -0.3 is 9.80 Å². The molecule has 26 heavy (non-hydrogen) atoms. The molecule has 0 radical (unpaired) electrons. The van der Waals surface area contributed by atoms with Crippen LogP contribution in [0.5, 0.6) is 0 Å². The van der Waals surface area contributed by atoms with Crippen molar-refractivity contribution in [2.75, 3.05) is 13.1 Å². The molecular weight excluding hydrogens is 326 g/mol. The zero-order valence-electron chi connectivity index (χ0n) is 14.8. The maximum Gasteiger partial charge on any atom is 0.228 e. The van der Waals surface area contributed by atoms with Gasteiger partial charge in [0.1, 0.15) is 0 Å². The third-order valence-corrected chi connectivity index (χ3v) is 5.38. The number of hydrogen-bond acceptors (Lipinski definition) is 3. The van der Waals surface area contributed by atoms with Crippen molar-refractivity contribution >= 4 is 11.8 Å². The lowest BCUT2D eigenvalue weighted by Crippen LogP contribution is -2.37. The normalized spacial score (nSPS) is 22.8. The van der Waals surface area contributed by atoms with Crippen molar-refractivity contribution < 1.29 is 9.59 Å². The van der Waals surface area contributed by atoms with Gasteiger partial charge >= 0.3 is 0 Å². The smallest absolute Gasteiger partial charge is 0.228 e. The minimum atomic E-state index is -0.233. The molecule has 0 bridgehead atoms. The lowest BCUT2D eigenvalue weighted by atomic mass is 10.0. The maximum atomic E-state index is 13.1. The monoisotopic (exact) mass is 349 g/mol. The molecule has 2 atom stereocenters. The minimum Gasteiger partial charge on any atom is -0.337 e. The summed E-state index contributed by atoms with van der Waals surface area (Å²) < 4.78 is 0. The molecule has 2 saturated heterocycles. The van der Waals surface area contributed by atoms with E-state index in [9.17, 15) is 9.59 Å². The molecule has 5 nitrogen and oxygen atoms in total. The number of nitrogens with zero attached hydrogens (tertiary/aromatic N) is 3. The zero-order chi connectivity index (χ0) is 17.9. The molecule has 0 aliphatic carbocycles. The van der Waals surface area contributed by atoms with Gasteiger partial charge in [0, 0.05) is 38.4 Å². The molecule has 134 valence electrons. The number of benzene rings is 1. The Bertz CT molecular complexity index is 778. The molecule has 1 aromatic heterocycles. The summed E-state index contributed by atoms with van der Waals surface area (Å²) in [6.45, 7) is 1.81. The second-order valence-corrected chi connectivity index (χ2v) is 7.14. The van der Waals surface area contributed by atoms with Crippen LogP contribution in [0.3, 0.4) is 0 Å². The van der Waals surface area contributed by atoms with E-state index in [-0.39, 0.29) is 23.8 Å². The van der Waals surface area contributed by atoms with Gasteiger partial charge in [0.05, 0.1) is 12.0 Å². The lowest BCUT2D eigenvalue weighted by Gasteiger charge is -2.27. The summed E-state index contributed by atoms with van der Waals surface area (Å²) in [5, 5.41) is 0. The van der Waals surface area contributed by atoms with Crippen molar-refractivity contribution in [3.8, 4) is 0 Å². The Morgan fingerprint density at radius 3 is 2.77 bits per heavy atom. The van der Waals surface area contributed by atoms with Crippen LogP contribution in [0.4, 0.5) is 0 Å². The van der Waals surface area contributed by atoms with Crippen molar-refractivity contribution in [1.82, 2.24) is 14.8 Å². The highest BCUT2D eigenvalue weighted by Gasteiger charge is 2.40. The van der Waals surface area contributed by atoms with Crippen LogP contribution in [-0.4, -0.2) is 39.7 Å². The lowest BCUT2D eigenvalue weighted by molar-refractivity contribution is -0.136. The van der Waals surface area contributed by atoms with E-state index in [0.29, 0.717) is 19.5 Å². The molecule has 2 aliphatic heterocycles. The van der Waals surface area contributed by atoms with E-state index in [0.717, 1.165) is 24.9 Å². The Labute approximate surface area is 153 Å². The van der Waals surface area contributed by atoms with Crippen LogP contribution in [0.25, 0.3) is 0 Å². The molecule has 3 heterocycles. The van der Waals surface area contributed by atoms with Gasteiger partial charge in [0.2, 0.25) is 11.8 Å². The predicted octanol–water partition coefficient (Wildman–Crippen LogP) is 2.79. The van der Waals surface area contributed by atoms with E-state index in [1.807, 2.05) is 35.2 Å². The summed E-state index contributed by atoms with van der Waals surface area (Å²) in [6, 6.07) is 14.2. The van der Waals surface area contributed by atoms with Gasteiger partial charge in [0.25, 0.3) is 0 Å². The Morgan fingerprint density at radius 1 is 1.15 bits per heavy atom. The molecule has 0 spiro atoms. The number of aromatic nitrogens is 1. The Morgan fingerprint density at radius 2 is 2.00 bits per heavy atom. The first-order valence-corrected chi connectivity index (χ1v) is 9.24. The van der Waals surface area contributed by atoms with E-state index < -0.39 is 0 Å². The molecule has 2 fully saturated rings. The summed E-state index contributed by atoms with van der Waals surface area (Å²) >= 11 is 0. The first-order valence-electron chi connectivity index (χ1n) is 9.24. The number of rotatable bonds is 4. The second kappa shape index (κ2) is 7.28. The van der Waals surface area contributed by atoms with E-state index >= 15 is 0 Å². The minimum absolute atomic E-state index is 0.0580. The molecule has 5 heteroatoms. The maximum absolute atomic E-state index is 13.1. The molecule has 2 amide bonds. The number of pyridine rings is 1. The number of amides is 2. The molecule has 0 saturated carbocycles. The number of carbonyl (C=O) groups excluding carboxylic acids is 2. The quantitative estimate of drug-likeness (QED) is 0.853. The van der Waals surface area contributed by atoms with Gasteiger partial charge in [-0.15, -0.1) is 0 Å². The first kappa shape index (κ1) is 16.8. The van der Waals surface area contributed by atoms with Crippen molar-refractivity contribution in [2.45, 2.75) is 31.8 Å². The summed E-state index contributed by atoms with van der Waals surface area (Å²) in [6.07, 6.45) is 5.82. The zero-order valence-corrected chi connectivity index (χ0v) is 14.8. The van der Waals surface area contributed by atoms with Crippen LogP contribution in [0, 0.1) is 5.92 Å². The third kappa shape index (κ3) is 3.34. The summed E-state index contributed by atoms with van der Waals surface area (Å²) in [7, 11) is 0. The SMILES string of the molecule is O=C1C[C@@H](C(=O)N2CCC[C@H]2c2ccccc2)CN1Cc1cccnc1. The largest absolute Gasteiger partial charge is 0.337 e. The number of likely N-dealkylation sites (tertiary alicyclic amines) is 2. The molecule has 0 N–H and O–H groups in total. The highest BCUT2D eigenvalue weighted by atomic mass is 16.2. The fraction of sp³-hybridized carbons (Fsp3) is 0.381. The van der Waals surface area contributed by atoms with Crippen LogP contribution in [0.2, 0.25) is 0 Å². The number of carbonyl (C=O) groups is 2. The van der Waals surface area contributed by atoms with Crippen molar-refractivity contribution in [3.63, 3.8) is 0 Å². The predicted molar refractivity (Wildman–Crippen MR) is 97.9 cm³/mol. The Balaban J connectivity index is 1.44.